The first-order chi connectivity index (χ1) is 11.2. The number of methoxy groups -OCH3 is 1. The molecule has 0 aliphatic rings. The van der Waals surface area contributed by atoms with Crippen LogP contribution < -0.4 is 4.74 Å². The molecule has 23 heavy (non-hydrogen) atoms. The number of benzene rings is 1. The fourth-order valence-electron chi connectivity index (χ4n) is 2.41. The number of hydrogen-bond acceptors (Lipinski definition) is 4. The highest BCUT2D eigenvalue weighted by Gasteiger charge is 2.22. The number of carbonyl (C=O) groups excluding carboxylic acids is 1. The molecule has 1 aromatic heterocycles. The lowest BCUT2D eigenvalue weighted by atomic mass is 9.99. The molecule has 1 unspecified atom stereocenters. The van der Waals surface area contributed by atoms with Gasteiger partial charge in [-0.25, -0.2) is 0 Å². The van der Waals surface area contributed by atoms with Gasteiger partial charge in [0, 0.05) is 25.5 Å². The van der Waals surface area contributed by atoms with E-state index in [1.807, 2.05) is 43.3 Å². The maximum absolute atomic E-state index is 12.8. The second-order valence-corrected chi connectivity index (χ2v) is 5.34. The minimum absolute atomic E-state index is 0.0203. The highest BCUT2D eigenvalue weighted by atomic mass is 16.5. The van der Waals surface area contributed by atoms with E-state index in [-0.39, 0.29) is 18.4 Å². The highest BCUT2D eigenvalue weighted by molar-refractivity contribution is 5.83. The predicted molar refractivity (Wildman–Crippen MR) is 88.1 cm³/mol. The molecule has 1 heterocycles. The molecule has 5 nitrogen and oxygen atoms in total. The maximum Gasteiger partial charge on any atom is 0.230 e. The van der Waals surface area contributed by atoms with Crippen molar-refractivity contribution in [2.24, 2.45) is 0 Å². The first-order valence-corrected chi connectivity index (χ1v) is 7.58. The zero-order chi connectivity index (χ0) is 16.7. The molecule has 0 saturated heterocycles. The first kappa shape index (κ1) is 17.0. The first-order valence-electron chi connectivity index (χ1n) is 7.58. The SMILES string of the molecule is COc1ccc(C(C)C(=O)N(CCO)Cc2cccnc2)cc1. The molecule has 5 heteroatoms. The van der Waals surface area contributed by atoms with Crippen molar-refractivity contribution in [2.75, 3.05) is 20.3 Å². The molecule has 1 amide bonds. The van der Waals surface area contributed by atoms with Gasteiger partial charge in [0.15, 0.2) is 0 Å². The Morgan fingerprint density at radius 3 is 2.61 bits per heavy atom. The molecule has 0 saturated carbocycles. The summed E-state index contributed by atoms with van der Waals surface area (Å²) >= 11 is 0. The monoisotopic (exact) mass is 314 g/mol. The third-order valence-corrected chi connectivity index (χ3v) is 3.76. The lowest BCUT2D eigenvalue weighted by molar-refractivity contribution is -0.133. The fraction of sp³-hybridized carbons (Fsp3) is 0.333. The van der Waals surface area contributed by atoms with Crippen molar-refractivity contribution in [3.05, 3.63) is 59.9 Å². The van der Waals surface area contributed by atoms with Crippen LogP contribution in [-0.4, -0.2) is 41.2 Å². The third kappa shape index (κ3) is 4.53. The predicted octanol–water partition coefficient (Wildman–Crippen LogP) is 2.21. The zero-order valence-corrected chi connectivity index (χ0v) is 13.5. The van der Waals surface area contributed by atoms with Crippen LogP contribution in [0.4, 0.5) is 0 Å². The van der Waals surface area contributed by atoms with E-state index in [0.717, 1.165) is 16.9 Å². The Labute approximate surface area is 136 Å². The van der Waals surface area contributed by atoms with Gasteiger partial charge in [-0.1, -0.05) is 18.2 Å². The van der Waals surface area contributed by atoms with Gasteiger partial charge in [0.25, 0.3) is 0 Å². The molecule has 0 fully saturated rings. The Bertz CT molecular complexity index is 614. The van der Waals surface area contributed by atoms with Crippen LogP contribution in [-0.2, 0) is 11.3 Å². The second-order valence-electron chi connectivity index (χ2n) is 5.34. The van der Waals surface area contributed by atoms with Gasteiger partial charge >= 0.3 is 0 Å². The number of hydrogen-bond donors (Lipinski definition) is 1. The molecular weight excluding hydrogens is 292 g/mol. The Hall–Kier alpha value is -2.40. The number of ether oxygens (including phenoxy) is 1. The Morgan fingerprint density at radius 2 is 2.04 bits per heavy atom. The van der Waals surface area contributed by atoms with Gasteiger partial charge in [-0.15, -0.1) is 0 Å². The van der Waals surface area contributed by atoms with Crippen LogP contribution in [0.2, 0.25) is 0 Å². The van der Waals surface area contributed by atoms with Crippen molar-refractivity contribution in [1.82, 2.24) is 9.88 Å². The Balaban J connectivity index is 2.12. The summed E-state index contributed by atoms with van der Waals surface area (Å²) < 4.78 is 5.14. The van der Waals surface area contributed by atoms with E-state index in [0.29, 0.717) is 13.1 Å². The largest absolute Gasteiger partial charge is 0.497 e. The topological polar surface area (TPSA) is 62.7 Å². The number of carbonyl (C=O) groups is 1. The van der Waals surface area contributed by atoms with E-state index in [2.05, 4.69) is 4.98 Å². The van der Waals surface area contributed by atoms with Gasteiger partial charge in [0.05, 0.1) is 19.6 Å². The number of amides is 1. The van der Waals surface area contributed by atoms with Crippen molar-refractivity contribution in [3.63, 3.8) is 0 Å². The zero-order valence-electron chi connectivity index (χ0n) is 13.5. The summed E-state index contributed by atoms with van der Waals surface area (Å²) in [6, 6.07) is 11.2. The summed E-state index contributed by atoms with van der Waals surface area (Å²) in [5, 5.41) is 9.26. The third-order valence-electron chi connectivity index (χ3n) is 3.76. The van der Waals surface area contributed by atoms with Crippen LogP contribution in [0.15, 0.2) is 48.8 Å². The van der Waals surface area contributed by atoms with Crippen molar-refractivity contribution in [3.8, 4) is 5.75 Å². The molecule has 1 atom stereocenters. The molecule has 1 N–H and O–H groups in total. The Kier molecular flexibility index (Phi) is 6.11. The van der Waals surface area contributed by atoms with Crippen LogP contribution in [0.5, 0.6) is 5.75 Å². The average molecular weight is 314 g/mol. The minimum atomic E-state index is -0.288. The molecule has 2 aromatic rings. The maximum atomic E-state index is 12.8. The van der Waals surface area contributed by atoms with Crippen molar-refractivity contribution in [2.45, 2.75) is 19.4 Å². The van der Waals surface area contributed by atoms with Gasteiger partial charge < -0.3 is 14.7 Å². The van der Waals surface area contributed by atoms with E-state index >= 15 is 0 Å². The van der Waals surface area contributed by atoms with Crippen molar-refractivity contribution < 1.29 is 14.6 Å². The lowest BCUT2D eigenvalue weighted by Gasteiger charge is -2.25. The summed E-state index contributed by atoms with van der Waals surface area (Å²) in [5.74, 6) is 0.452. The molecule has 0 radical (unpaired) electrons. The molecule has 122 valence electrons. The van der Waals surface area contributed by atoms with Crippen LogP contribution >= 0.6 is 0 Å². The van der Waals surface area contributed by atoms with Crippen LogP contribution in [0, 0.1) is 0 Å². The van der Waals surface area contributed by atoms with Crippen LogP contribution in [0.25, 0.3) is 0 Å². The molecular formula is C18H22N2O3. The number of nitrogens with zero attached hydrogens (tertiary/aromatic N) is 2. The van der Waals surface area contributed by atoms with E-state index < -0.39 is 0 Å². The van der Waals surface area contributed by atoms with Crippen LogP contribution in [0.3, 0.4) is 0 Å². The lowest BCUT2D eigenvalue weighted by Crippen LogP contribution is -2.36. The number of pyridine rings is 1. The summed E-state index contributed by atoms with van der Waals surface area (Å²) in [4.78, 5) is 18.5. The minimum Gasteiger partial charge on any atom is -0.497 e. The van der Waals surface area contributed by atoms with E-state index in [9.17, 15) is 9.90 Å². The van der Waals surface area contributed by atoms with E-state index in [1.165, 1.54) is 0 Å². The fourth-order valence-corrected chi connectivity index (χ4v) is 2.41. The quantitative estimate of drug-likeness (QED) is 0.851. The number of aliphatic hydroxyl groups excluding tert-OH is 1. The van der Waals surface area contributed by atoms with E-state index in [1.54, 1.807) is 24.4 Å². The van der Waals surface area contributed by atoms with Gasteiger partial charge in [0.2, 0.25) is 5.91 Å². The highest BCUT2D eigenvalue weighted by Crippen LogP contribution is 2.22. The summed E-state index contributed by atoms with van der Waals surface area (Å²) in [6.07, 6.45) is 3.43. The molecule has 0 bridgehead atoms. The normalized spacial score (nSPS) is 11.8. The number of rotatable bonds is 7. The van der Waals surface area contributed by atoms with Crippen LogP contribution in [0.1, 0.15) is 24.0 Å². The molecule has 1 aromatic carbocycles. The smallest absolute Gasteiger partial charge is 0.230 e. The van der Waals surface area contributed by atoms with E-state index in [4.69, 9.17) is 4.74 Å². The Morgan fingerprint density at radius 1 is 1.30 bits per heavy atom. The van der Waals surface area contributed by atoms with Gasteiger partial charge in [0.1, 0.15) is 5.75 Å². The van der Waals surface area contributed by atoms with Crippen molar-refractivity contribution in [1.29, 1.82) is 0 Å². The summed E-state index contributed by atoms with van der Waals surface area (Å²) in [5.41, 5.74) is 1.86. The van der Waals surface area contributed by atoms with Gasteiger partial charge in [-0.05, 0) is 36.2 Å². The summed E-state index contributed by atoms with van der Waals surface area (Å²) in [6.45, 7) is 2.54. The second kappa shape index (κ2) is 8.29. The van der Waals surface area contributed by atoms with Gasteiger partial charge in [-0.2, -0.15) is 0 Å². The molecule has 2 rings (SSSR count). The average Bonchev–Trinajstić information content (AvgIpc) is 2.61. The molecule has 0 aliphatic heterocycles. The summed E-state index contributed by atoms with van der Waals surface area (Å²) in [7, 11) is 1.61. The van der Waals surface area contributed by atoms with Crippen molar-refractivity contribution >= 4 is 5.91 Å². The number of aromatic nitrogens is 1. The number of aliphatic hydroxyl groups is 1. The molecule has 0 aliphatic carbocycles. The molecule has 0 spiro atoms. The standard InChI is InChI=1S/C18H22N2O3/c1-14(16-5-7-17(23-2)8-6-16)18(22)20(10-11-21)13-15-4-3-9-19-12-15/h3-9,12,14,21H,10-11,13H2,1-2H3. The van der Waals surface area contributed by atoms with Gasteiger partial charge in [-0.3, -0.25) is 9.78 Å².